The molecule has 0 aliphatic rings. The zero-order chi connectivity index (χ0) is 9.14. The molecule has 0 aliphatic carbocycles. The summed E-state index contributed by atoms with van der Waals surface area (Å²) in [7, 11) is 1.55. The maximum absolute atomic E-state index is 11.1. The molecule has 64 valence electrons. The van der Waals surface area contributed by atoms with E-state index in [1.165, 1.54) is 0 Å². The van der Waals surface area contributed by atoms with E-state index in [2.05, 4.69) is 10.3 Å². The first-order valence-electron chi connectivity index (χ1n) is 3.60. The third kappa shape index (κ3) is 1.37. The monoisotopic (exact) mass is 165 g/mol. The molecule has 1 aromatic rings. The Labute approximate surface area is 70.8 Å². The Morgan fingerprint density at radius 1 is 1.67 bits per heavy atom. The average molecular weight is 165 g/mol. The number of anilines is 1. The molecule has 4 nitrogen and oxygen atoms in total. The zero-order valence-electron chi connectivity index (χ0n) is 7.09. The minimum atomic E-state index is -0.254. The summed E-state index contributed by atoms with van der Waals surface area (Å²) < 4.78 is 0. The van der Waals surface area contributed by atoms with Crippen molar-refractivity contribution in [1.29, 1.82) is 0 Å². The van der Waals surface area contributed by atoms with Crippen LogP contribution < -0.4 is 11.1 Å². The number of amides is 1. The second kappa shape index (κ2) is 3.21. The fourth-order valence-corrected chi connectivity index (χ4v) is 0.869. The molecule has 0 unspecified atom stereocenters. The predicted octanol–water partition coefficient (Wildman–Crippen LogP) is 0.332. The summed E-state index contributed by atoms with van der Waals surface area (Å²) in [5, 5.41) is 2.47. The van der Waals surface area contributed by atoms with E-state index in [1.54, 1.807) is 19.3 Å². The third-order valence-electron chi connectivity index (χ3n) is 1.65. The smallest absolute Gasteiger partial charge is 0.271 e. The molecule has 0 atom stereocenters. The topological polar surface area (TPSA) is 68.0 Å². The van der Waals surface area contributed by atoms with Crippen molar-refractivity contribution < 1.29 is 4.79 Å². The Bertz CT molecular complexity index is 309. The highest BCUT2D eigenvalue weighted by Crippen LogP contribution is 2.12. The van der Waals surface area contributed by atoms with Crippen LogP contribution in [0, 0.1) is 6.92 Å². The summed E-state index contributed by atoms with van der Waals surface area (Å²) in [6.45, 7) is 1.84. The lowest BCUT2D eigenvalue weighted by atomic mass is 10.2. The molecule has 1 rings (SSSR count). The second-order valence-electron chi connectivity index (χ2n) is 2.47. The largest absolute Gasteiger partial charge is 0.397 e. The van der Waals surface area contributed by atoms with Crippen LogP contribution in [0.5, 0.6) is 0 Å². The Morgan fingerprint density at radius 3 is 2.92 bits per heavy atom. The number of hydrogen-bond donors (Lipinski definition) is 2. The molecule has 1 aromatic heterocycles. The van der Waals surface area contributed by atoms with Gasteiger partial charge >= 0.3 is 0 Å². The summed E-state index contributed by atoms with van der Waals surface area (Å²) in [6, 6.07) is 1.77. The summed E-state index contributed by atoms with van der Waals surface area (Å²) in [5.41, 5.74) is 7.23. The number of carbonyl (C=O) groups is 1. The molecule has 1 amide bonds. The molecule has 4 heteroatoms. The molecular weight excluding hydrogens is 154 g/mol. The molecule has 0 saturated heterocycles. The molecular formula is C8H11N3O. The van der Waals surface area contributed by atoms with Gasteiger partial charge in [-0.05, 0) is 18.6 Å². The molecule has 1 heterocycles. The Hall–Kier alpha value is -1.58. The maximum Gasteiger partial charge on any atom is 0.271 e. The van der Waals surface area contributed by atoms with Crippen LogP contribution in [-0.4, -0.2) is 17.9 Å². The van der Waals surface area contributed by atoms with E-state index in [4.69, 9.17) is 5.73 Å². The van der Waals surface area contributed by atoms with Crippen LogP contribution in [-0.2, 0) is 0 Å². The number of nitrogen functional groups attached to an aromatic ring is 1. The van der Waals surface area contributed by atoms with Gasteiger partial charge in [0.1, 0.15) is 0 Å². The number of nitrogens with two attached hydrogens (primary N) is 1. The maximum atomic E-state index is 11.1. The van der Waals surface area contributed by atoms with Crippen molar-refractivity contribution in [3.63, 3.8) is 0 Å². The lowest BCUT2D eigenvalue weighted by Gasteiger charge is -2.04. The van der Waals surface area contributed by atoms with Crippen molar-refractivity contribution in [2.45, 2.75) is 6.92 Å². The molecule has 0 saturated carbocycles. The fraction of sp³-hybridized carbons (Fsp3) is 0.250. The molecule has 0 spiro atoms. The van der Waals surface area contributed by atoms with Gasteiger partial charge in [-0.15, -0.1) is 0 Å². The second-order valence-corrected chi connectivity index (χ2v) is 2.47. The molecule has 0 aliphatic heterocycles. The van der Waals surface area contributed by atoms with Crippen molar-refractivity contribution in [2.75, 3.05) is 12.8 Å². The molecule has 3 N–H and O–H groups in total. The predicted molar refractivity (Wildman–Crippen MR) is 46.8 cm³/mol. The van der Waals surface area contributed by atoms with Gasteiger partial charge in [0.2, 0.25) is 0 Å². The standard InChI is InChI=1S/C8H11N3O/c1-5-3-4-11-7(6(5)9)8(12)10-2/h3-4H,9H2,1-2H3,(H,10,12). The minimum Gasteiger partial charge on any atom is -0.397 e. The van der Waals surface area contributed by atoms with Crippen molar-refractivity contribution in [2.24, 2.45) is 0 Å². The van der Waals surface area contributed by atoms with Crippen molar-refractivity contribution >= 4 is 11.6 Å². The highest BCUT2D eigenvalue weighted by molar-refractivity contribution is 5.97. The van der Waals surface area contributed by atoms with Crippen molar-refractivity contribution in [3.05, 3.63) is 23.5 Å². The fourth-order valence-electron chi connectivity index (χ4n) is 0.869. The Balaban J connectivity index is 3.16. The lowest BCUT2D eigenvalue weighted by molar-refractivity contribution is 0.0959. The zero-order valence-corrected chi connectivity index (χ0v) is 7.09. The van der Waals surface area contributed by atoms with E-state index in [1.807, 2.05) is 6.92 Å². The van der Waals surface area contributed by atoms with Crippen LogP contribution in [0.15, 0.2) is 12.3 Å². The van der Waals surface area contributed by atoms with E-state index in [9.17, 15) is 4.79 Å². The molecule has 0 aromatic carbocycles. The summed E-state index contributed by atoms with van der Waals surface area (Å²) >= 11 is 0. The first kappa shape index (κ1) is 8.52. The molecule has 0 bridgehead atoms. The molecule has 0 radical (unpaired) electrons. The SMILES string of the molecule is CNC(=O)c1nccc(C)c1N. The van der Waals surface area contributed by atoms with Crippen LogP contribution in [0.2, 0.25) is 0 Å². The van der Waals surface area contributed by atoms with Crippen molar-refractivity contribution in [1.82, 2.24) is 10.3 Å². The summed E-state index contributed by atoms with van der Waals surface area (Å²) in [4.78, 5) is 15.0. The van der Waals surface area contributed by atoms with Gasteiger partial charge in [-0.3, -0.25) is 4.79 Å². The summed E-state index contributed by atoms with van der Waals surface area (Å²) in [5.74, 6) is -0.254. The van der Waals surface area contributed by atoms with Crippen LogP contribution in [0.25, 0.3) is 0 Å². The van der Waals surface area contributed by atoms with E-state index in [0.717, 1.165) is 5.56 Å². The van der Waals surface area contributed by atoms with Gasteiger partial charge in [0.05, 0.1) is 5.69 Å². The van der Waals surface area contributed by atoms with Crippen LogP contribution in [0.1, 0.15) is 16.1 Å². The summed E-state index contributed by atoms with van der Waals surface area (Å²) in [6.07, 6.45) is 1.57. The number of hydrogen-bond acceptors (Lipinski definition) is 3. The van der Waals surface area contributed by atoms with E-state index in [-0.39, 0.29) is 11.6 Å². The minimum absolute atomic E-state index is 0.254. The Morgan fingerprint density at radius 2 is 2.33 bits per heavy atom. The lowest BCUT2D eigenvalue weighted by Crippen LogP contribution is -2.21. The van der Waals surface area contributed by atoms with Gasteiger partial charge in [-0.25, -0.2) is 4.98 Å². The number of rotatable bonds is 1. The first-order chi connectivity index (χ1) is 5.66. The van der Waals surface area contributed by atoms with Gasteiger partial charge in [0.25, 0.3) is 5.91 Å². The van der Waals surface area contributed by atoms with Gasteiger partial charge < -0.3 is 11.1 Å². The van der Waals surface area contributed by atoms with E-state index < -0.39 is 0 Å². The third-order valence-corrected chi connectivity index (χ3v) is 1.65. The van der Waals surface area contributed by atoms with Gasteiger partial charge in [-0.1, -0.05) is 0 Å². The number of aryl methyl sites for hydroxylation is 1. The van der Waals surface area contributed by atoms with Gasteiger partial charge in [-0.2, -0.15) is 0 Å². The van der Waals surface area contributed by atoms with Crippen LogP contribution in [0.4, 0.5) is 5.69 Å². The molecule has 12 heavy (non-hydrogen) atoms. The number of nitrogens with zero attached hydrogens (tertiary/aromatic N) is 1. The number of carbonyl (C=O) groups excluding carboxylic acids is 1. The van der Waals surface area contributed by atoms with Crippen molar-refractivity contribution in [3.8, 4) is 0 Å². The van der Waals surface area contributed by atoms with Gasteiger partial charge in [0, 0.05) is 13.2 Å². The Kier molecular flexibility index (Phi) is 2.28. The number of pyridine rings is 1. The highest BCUT2D eigenvalue weighted by atomic mass is 16.1. The number of nitrogens with one attached hydrogen (secondary N) is 1. The molecule has 0 fully saturated rings. The van der Waals surface area contributed by atoms with Gasteiger partial charge in [0.15, 0.2) is 5.69 Å². The normalized spacial score (nSPS) is 9.50. The first-order valence-corrected chi connectivity index (χ1v) is 3.60. The van der Waals surface area contributed by atoms with E-state index >= 15 is 0 Å². The average Bonchev–Trinajstić information content (AvgIpc) is 2.08. The van der Waals surface area contributed by atoms with Crippen LogP contribution in [0.3, 0.4) is 0 Å². The quantitative estimate of drug-likeness (QED) is 0.630. The van der Waals surface area contributed by atoms with E-state index in [0.29, 0.717) is 5.69 Å². The van der Waals surface area contributed by atoms with Crippen LogP contribution >= 0.6 is 0 Å². The highest BCUT2D eigenvalue weighted by Gasteiger charge is 2.09. The number of aromatic nitrogens is 1.